The molecule has 0 bridgehead atoms. The van der Waals surface area contributed by atoms with Gasteiger partial charge in [-0.15, -0.1) is 5.10 Å². The molecule has 6 heteroatoms. The fourth-order valence-corrected chi connectivity index (χ4v) is 3.14. The van der Waals surface area contributed by atoms with Gasteiger partial charge >= 0.3 is 0 Å². The van der Waals surface area contributed by atoms with E-state index < -0.39 is 0 Å². The average molecular weight is 389 g/mol. The van der Waals surface area contributed by atoms with E-state index in [4.69, 9.17) is 11.6 Å². The van der Waals surface area contributed by atoms with Gasteiger partial charge in [0.15, 0.2) is 5.69 Å². The summed E-state index contributed by atoms with van der Waals surface area (Å²) < 4.78 is 1.68. The van der Waals surface area contributed by atoms with Crippen LogP contribution in [0.5, 0.6) is 0 Å². The molecule has 0 aliphatic heterocycles. The highest BCUT2D eigenvalue weighted by Crippen LogP contribution is 2.25. The highest BCUT2D eigenvalue weighted by molar-refractivity contribution is 6.31. The van der Waals surface area contributed by atoms with Gasteiger partial charge in [0.2, 0.25) is 0 Å². The lowest BCUT2D eigenvalue weighted by Crippen LogP contribution is -2.24. The predicted octanol–water partition coefficient (Wildman–Crippen LogP) is 4.52. The first-order valence-corrected chi connectivity index (χ1v) is 9.20. The lowest BCUT2D eigenvalue weighted by atomic mass is 10.1. The molecule has 1 aromatic heterocycles. The molecule has 0 unspecified atom stereocenters. The maximum atomic E-state index is 12.9. The van der Waals surface area contributed by atoms with E-state index in [0.29, 0.717) is 17.3 Å². The summed E-state index contributed by atoms with van der Waals surface area (Å²) in [7, 11) is 0. The first-order valence-electron chi connectivity index (χ1n) is 8.82. The lowest BCUT2D eigenvalue weighted by Gasteiger charge is -2.09. The summed E-state index contributed by atoms with van der Waals surface area (Å²) in [6, 6.07) is 26.7. The van der Waals surface area contributed by atoms with Crippen LogP contribution in [0.3, 0.4) is 0 Å². The first-order chi connectivity index (χ1) is 13.7. The molecule has 0 aliphatic rings. The topological polar surface area (TPSA) is 59.8 Å². The standard InChI is InChI=1S/C22H17ClN4O/c23-19-14-8-7-11-17(19)15-24-22(28)20-21(16-9-3-1-4-10-16)27(26-25-20)18-12-5-2-6-13-18/h1-14H,15H2,(H,24,28). The Hall–Kier alpha value is -3.44. The second-order valence-electron chi connectivity index (χ2n) is 6.17. The zero-order valence-electron chi connectivity index (χ0n) is 14.9. The summed E-state index contributed by atoms with van der Waals surface area (Å²) in [5.74, 6) is -0.305. The average Bonchev–Trinajstić information content (AvgIpc) is 3.19. The van der Waals surface area contributed by atoms with E-state index in [1.807, 2.05) is 78.9 Å². The van der Waals surface area contributed by atoms with Crippen LogP contribution in [-0.2, 0) is 6.54 Å². The molecule has 3 aromatic carbocycles. The number of carbonyl (C=O) groups is 1. The van der Waals surface area contributed by atoms with Crippen molar-refractivity contribution in [2.45, 2.75) is 6.54 Å². The summed E-state index contributed by atoms with van der Waals surface area (Å²) in [5, 5.41) is 11.9. The number of benzene rings is 3. The molecule has 1 amide bonds. The molecule has 0 radical (unpaired) electrons. The summed E-state index contributed by atoms with van der Waals surface area (Å²) in [5.41, 5.74) is 3.44. The van der Waals surface area contributed by atoms with Crippen molar-refractivity contribution in [2.24, 2.45) is 0 Å². The predicted molar refractivity (Wildman–Crippen MR) is 109 cm³/mol. The van der Waals surface area contributed by atoms with Gasteiger partial charge in [0.1, 0.15) is 5.69 Å². The molecule has 0 fully saturated rings. The Bertz CT molecular complexity index is 1090. The molecular formula is C22H17ClN4O. The van der Waals surface area contributed by atoms with E-state index in [1.165, 1.54) is 0 Å². The van der Waals surface area contributed by atoms with Crippen molar-refractivity contribution in [3.05, 3.63) is 101 Å². The van der Waals surface area contributed by atoms with Crippen molar-refractivity contribution in [1.82, 2.24) is 20.3 Å². The minimum atomic E-state index is -0.305. The summed E-state index contributed by atoms with van der Waals surface area (Å²) in [6.07, 6.45) is 0. The zero-order chi connectivity index (χ0) is 19.3. The number of hydrogen-bond acceptors (Lipinski definition) is 3. The maximum Gasteiger partial charge on any atom is 0.274 e. The van der Waals surface area contributed by atoms with Gasteiger partial charge in [0.05, 0.1) is 5.69 Å². The van der Waals surface area contributed by atoms with Crippen LogP contribution in [0.4, 0.5) is 0 Å². The molecule has 1 N–H and O–H groups in total. The Morgan fingerprint density at radius 2 is 1.54 bits per heavy atom. The number of nitrogens with one attached hydrogen (secondary N) is 1. The van der Waals surface area contributed by atoms with E-state index in [1.54, 1.807) is 10.7 Å². The van der Waals surface area contributed by atoms with Crippen molar-refractivity contribution in [3.8, 4) is 16.9 Å². The Morgan fingerprint density at radius 3 is 2.25 bits per heavy atom. The highest BCUT2D eigenvalue weighted by atomic mass is 35.5. The van der Waals surface area contributed by atoms with Gasteiger partial charge in [-0.1, -0.05) is 83.5 Å². The summed E-state index contributed by atoms with van der Waals surface area (Å²) in [4.78, 5) is 12.9. The lowest BCUT2D eigenvalue weighted by molar-refractivity contribution is 0.0946. The van der Waals surface area contributed by atoms with Gasteiger partial charge in [-0.2, -0.15) is 0 Å². The second-order valence-corrected chi connectivity index (χ2v) is 6.58. The van der Waals surface area contributed by atoms with Crippen molar-refractivity contribution in [3.63, 3.8) is 0 Å². The van der Waals surface area contributed by atoms with Gasteiger partial charge in [-0.25, -0.2) is 4.68 Å². The Kier molecular flexibility index (Phi) is 5.17. The monoisotopic (exact) mass is 388 g/mol. The second kappa shape index (κ2) is 8.06. The Morgan fingerprint density at radius 1 is 0.893 bits per heavy atom. The normalized spacial score (nSPS) is 10.6. The number of aromatic nitrogens is 3. The van der Waals surface area contributed by atoms with Crippen LogP contribution in [0.25, 0.3) is 16.9 Å². The van der Waals surface area contributed by atoms with E-state index >= 15 is 0 Å². The number of nitrogens with zero attached hydrogens (tertiary/aromatic N) is 3. The van der Waals surface area contributed by atoms with Crippen LogP contribution in [0.2, 0.25) is 5.02 Å². The van der Waals surface area contributed by atoms with Gasteiger partial charge in [-0.05, 0) is 23.8 Å². The Balaban J connectivity index is 1.70. The smallest absolute Gasteiger partial charge is 0.274 e. The number of amides is 1. The van der Waals surface area contributed by atoms with Crippen molar-refractivity contribution in [2.75, 3.05) is 0 Å². The molecule has 0 spiro atoms. The SMILES string of the molecule is O=C(NCc1ccccc1Cl)c1nnn(-c2ccccc2)c1-c1ccccc1. The molecule has 5 nitrogen and oxygen atoms in total. The van der Waals surface area contributed by atoms with Crippen LogP contribution in [0.15, 0.2) is 84.9 Å². The highest BCUT2D eigenvalue weighted by Gasteiger charge is 2.22. The zero-order valence-corrected chi connectivity index (χ0v) is 15.7. The molecule has 138 valence electrons. The summed E-state index contributed by atoms with van der Waals surface area (Å²) >= 11 is 6.18. The molecule has 1 heterocycles. The van der Waals surface area contributed by atoms with Crippen LogP contribution in [0, 0.1) is 0 Å². The maximum absolute atomic E-state index is 12.9. The fraction of sp³-hybridized carbons (Fsp3) is 0.0455. The minimum absolute atomic E-state index is 0.266. The molecule has 28 heavy (non-hydrogen) atoms. The number of halogens is 1. The van der Waals surface area contributed by atoms with E-state index in [9.17, 15) is 4.79 Å². The van der Waals surface area contributed by atoms with Gasteiger partial charge in [0, 0.05) is 17.1 Å². The molecule has 0 aliphatic carbocycles. The molecule has 0 saturated heterocycles. The van der Waals surface area contributed by atoms with Crippen LogP contribution >= 0.6 is 11.6 Å². The quantitative estimate of drug-likeness (QED) is 0.547. The third kappa shape index (κ3) is 3.66. The third-order valence-corrected chi connectivity index (χ3v) is 4.70. The number of para-hydroxylation sites is 1. The first kappa shape index (κ1) is 17.9. The van der Waals surface area contributed by atoms with E-state index in [-0.39, 0.29) is 11.6 Å². The van der Waals surface area contributed by atoms with Gasteiger partial charge in [-0.3, -0.25) is 4.79 Å². The fourth-order valence-electron chi connectivity index (χ4n) is 2.94. The van der Waals surface area contributed by atoms with Crippen molar-refractivity contribution in [1.29, 1.82) is 0 Å². The van der Waals surface area contributed by atoms with Crippen molar-refractivity contribution >= 4 is 17.5 Å². The number of hydrogen-bond donors (Lipinski definition) is 1. The van der Waals surface area contributed by atoms with Gasteiger partial charge < -0.3 is 5.32 Å². The minimum Gasteiger partial charge on any atom is -0.346 e. The van der Waals surface area contributed by atoms with Gasteiger partial charge in [0.25, 0.3) is 5.91 Å². The Labute approximate surface area is 167 Å². The molecule has 4 aromatic rings. The van der Waals surface area contributed by atoms with E-state index in [0.717, 1.165) is 16.8 Å². The third-order valence-electron chi connectivity index (χ3n) is 4.33. The molecule has 0 saturated carbocycles. The van der Waals surface area contributed by atoms with Crippen molar-refractivity contribution < 1.29 is 4.79 Å². The molecule has 0 atom stereocenters. The van der Waals surface area contributed by atoms with Crippen LogP contribution < -0.4 is 5.32 Å². The van der Waals surface area contributed by atoms with Crippen LogP contribution in [-0.4, -0.2) is 20.9 Å². The van der Waals surface area contributed by atoms with Crippen LogP contribution in [0.1, 0.15) is 16.1 Å². The number of rotatable bonds is 5. The molecule has 4 rings (SSSR count). The number of carbonyl (C=O) groups excluding carboxylic acids is 1. The molecular weight excluding hydrogens is 372 g/mol. The largest absolute Gasteiger partial charge is 0.346 e. The van der Waals surface area contributed by atoms with E-state index in [2.05, 4.69) is 15.6 Å². The summed E-state index contributed by atoms with van der Waals surface area (Å²) in [6.45, 7) is 0.310.